The Kier molecular flexibility index (Phi) is 6.10. The summed E-state index contributed by atoms with van der Waals surface area (Å²) in [5.41, 5.74) is 0.736. The van der Waals surface area contributed by atoms with Crippen LogP contribution in [0.3, 0.4) is 0 Å². The molecule has 0 aliphatic heterocycles. The van der Waals surface area contributed by atoms with E-state index in [1.165, 1.54) is 37.4 Å². The Morgan fingerprint density at radius 3 is 2.95 bits per heavy atom. The van der Waals surface area contributed by atoms with Crippen LogP contribution in [0.1, 0.15) is 51.1 Å². The normalized spacial score (nSPS) is 17.5. The van der Waals surface area contributed by atoms with Crippen molar-refractivity contribution in [2.24, 2.45) is 5.92 Å². The first-order chi connectivity index (χ1) is 9.67. The van der Waals surface area contributed by atoms with Crippen molar-refractivity contribution in [1.29, 1.82) is 0 Å². The predicted octanol–water partition coefficient (Wildman–Crippen LogP) is 2.76. The maximum atomic E-state index is 11.5. The van der Waals surface area contributed by atoms with E-state index in [2.05, 4.69) is 16.9 Å². The molecule has 1 aromatic heterocycles. The van der Waals surface area contributed by atoms with E-state index >= 15 is 0 Å². The minimum atomic E-state index is -0.303. The summed E-state index contributed by atoms with van der Waals surface area (Å²) < 4.78 is 0. The number of aryl methyl sites for hydroxylation is 1. The molecule has 1 heterocycles. The minimum absolute atomic E-state index is 0.101. The van der Waals surface area contributed by atoms with E-state index in [1.54, 1.807) is 6.07 Å². The first-order valence-corrected chi connectivity index (χ1v) is 8.57. The summed E-state index contributed by atoms with van der Waals surface area (Å²) in [5, 5.41) is 10.7. The number of thioether (sulfide) groups is 1. The lowest BCUT2D eigenvalue weighted by Gasteiger charge is -2.14. The fourth-order valence-electron chi connectivity index (χ4n) is 2.81. The van der Waals surface area contributed by atoms with Crippen molar-refractivity contribution in [2.45, 2.75) is 63.1 Å². The second-order valence-corrected chi connectivity index (χ2v) is 6.65. The van der Waals surface area contributed by atoms with Crippen molar-refractivity contribution in [3.8, 4) is 0 Å². The molecule has 1 aromatic rings. The number of nitrogens with one attached hydrogen (secondary N) is 1. The molecule has 1 unspecified atom stereocenters. The van der Waals surface area contributed by atoms with Crippen LogP contribution in [0.25, 0.3) is 0 Å². The lowest BCUT2D eigenvalue weighted by Crippen LogP contribution is -2.16. The van der Waals surface area contributed by atoms with Gasteiger partial charge in [0.1, 0.15) is 0 Å². The van der Waals surface area contributed by atoms with Crippen molar-refractivity contribution in [3.05, 3.63) is 22.1 Å². The van der Waals surface area contributed by atoms with E-state index in [1.807, 2.05) is 0 Å². The second-order valence-electron chi connectivity index (χ2n) is 5.64. The molecule has 5 heteroatoms. The molecule has 1 aliphatic rings. The zero-order valence-corrected chi connectivity index (χ0v) is 12.9. The number of H-pyrrole nitrogens is 1. The highest BCUT2D eigenvalue weighted by Gasteiger charge is 2.19. The number of aromatic amines is 1. The standard InChI is InChI=1S/C15H24N2O2S/c1-2-5-12-9-14(19)17-15(16-12)20-10-13(18)8-11-6-3-4-7-11/h9,11,13,18H,2-8,10H2,1H3,(H,16,17,19). The molecule has 0 aromatic carbocycles. The molecule has 0 bridgehead atoms. The third kappa shape index (κ3) is 4.94. The number of aliphatic hydroxyl groups excluding tert-OH is 1. The van der Waals surface area contributed by atoms with E-state index in [0.29, 0.717) is 16.8 Å². The molecule has 1 fully saturated rings. The summed E-state index contributed by atoms with van der Waals surface area (Å²) in [4.78, 5) is 18.7. The molecule has 2 N–H and O–H groups in total. The first-order valence-electron chi connectivity index (χ1n) is 7.58. The van der Waals surface area contributed by atoms with Crippen LogP contribution in [0.5, 0.6) is 0 Å². The Hall–Kier alpha value is -0.810. The topological polar surface area (TPSA) is 66.0 Å². The molecule has 20 heavy (non-hydrogen) atoms. The summed E-state index contributed by atoms with van der Waals surface area (Å²) >= 11 is 1.45. The molecule has 4 nitrogen and oxygen atoms in total. The van der Waals surface area contributed by atoms with Gasteiger partial charge in [-0.1, -0.05) is 50.8 Å². The molecule has 0 spiro atoms. The average molecular weight is 296 g/mol. The van der Waals surface area contributed by atoms with Gasteiger partial charge in [0.2, 0.25) is 0 Å². The molecular weight excluding hydrogens is 272 g/mol. The summed E-state index contributed by atoms with van der Waals surface area (Å²) in [6, 6.07) is 1.56. The van der Waals surface area contributed by atoms with Gasteiger partial charge in [-0.05, 0) is 18.8 Å². The van der Waals surface area contributed by atoms with Gasteiger partial charge in [0.25, 0.3) is 5.56 Å². The summed E-state index contributed by atoms with van der Waals surface area (Å²) in [6.07, 6.45) is 7.49. The number of aromatic nitrogens is 2. The van der Waals surface area contributed by atoms with Gasteiger partial charge in [-0.3, -0.25) is 4.79 Å². The van der Waals surface area contributed by atoms with Crippen LogP contribution in [0.4, 0.5) is 0 Å². The van der Waals surface area contributed by atoms with E-state index in [-0.39, 0.29) is 11.7 Å². The van der Waals surface area contributed by atoms with Crippen molar-refractivity contribution < 1.29 is 5.11 Å². The predicted molar refractivity (Wildman–Crippen MR) is 82.2 cm³/mol. The van der Waals surface area contributed by atoms with Crippen LogP contribution in [0.2, 0.25) is 0 Å². The molecule has 0 amide bonds. The number of nitrogens with zero attached hydrogens (tertiary/aromatic N) is 1. The number of hydrogen-bond donors (Lipinski definition) is 2. The number of aliphatic hydroxyl groups is 1. The van der Waals surface area contributed by atoms with Crippen LogP contribution in [0, 0.1) is 5.92 Å². The van der Waals surface area contributed by atoms with Gasteiger partial charge in [0, 0.05) is 17.5 Å². The summed E-state index contributed by atoms with van der Waals surface area (Å²) in [6.45, 7) is 2.07. The molecule has 0 radical (unpaired) electrons. The molecule has 1 aliphatic carbocycles. The molecule has 1 atom stereocenters. The lowest BCUT2D eigenvalue weighted by molar-refractivity contribution is 0.165. The highest BCUT2D eigenvalue weighted by Crippen LogP contribution is 2.29. The highest BCUT2D eigenvalue weighted by atomic mass is 32.2. The Labute approximate surface area is 124 Å². The first kappa shape index (κ1) is 15.6. The van der Waals surface area contributed by atoms with Gasteiger partial charge in [-0.15, -0.1) is 0 Å². The fraction of sp³-hybridized carbons (Fsp3) is 0.733. The van der Waals surface area contributed by atoms with Crippen LogP contribution < -0.4 is 5.56 Å². The third-order valence-electron chi connectivity index (χ3n) is 3.77. The fourth-order valence-corrected chi connectivity index (χ4v) is 3.65. The van der Waals surface area contributed by atoms with E-state index in [0.717, 1.165) is 25.0 Å². The molecule has 2 rings (SSSR count). The van der Waals surface area contributed by atoms with Crippen molar-refractivity contribution in [2.75, 3.05) is 5.75 Å². The molecule has 0 saturated heterocycles. The largest absolute Gasteiger partial charge is 0.392 e. The Morgan fingerprint density at radius 1 is 1.50 bits per heavy atom. The molecule has 1 saturated carbocycles. The summed E-state index contributed by atoms with van der Waals surface area (Å²) in [7, 11) is 0. The van der Waals surface area contributed by atoms with Crippen molar-refractivity contribution >= 4 is 11.8 Å². The smallest absolute Gasteiger partial charge is 0.251 e. The molecule has 112 valence electrons. The van der Waals surface area contributed by atoms with Crippen LogP contribution in [0.15, 0.2) is 16.0 Å². The van der Waals surface area contributed by atoms with Crippen LogP contribution in [-0.2, 0) is 6.42 Å². The molecular formula is C15H24N2O2S. The SMILES string of the molecule is CCCc1cc(=O)[nH]c(SCC(O)CC2CCCC2)n1. The second kappa shape index (κ2) is 7.84. The maximum Gasteiger partial charge on any atom is 0.251 e. The Balaban J connectivity index is 1.84. The third-order valence-corrected chi connectivity index (χ3v) is 4.79. The van der Waals surface area contributed by atoms with Crippen molar-refractivity contribution in [3.63, 3.8) is 0 Å². The Bertz CT molecular complexity index is 469. The monoisotopic (exact) mass is 296 g/mol. The number of rotatable bonds is 7. The van der Waals surface area contributed by atoms with Crippen LogP contribution in [-0.4, -0.2) is 26.9 Å². The zero-order valence-electron chi connectivity index (χ0n) is 12.1. The zero-order chi connectivity index (χ0) is 14.4. The van der Waals surface area contributed by atoms with Gasteiger partial charge in [-0.25, -0.2) is 4.98 Å². The summed E-state index contributed by atoms with van der Waals surface area (Å²) in [5.74, 6) is 1.29. The van der Waals surface area contributed by atoms with Crippen molar-refractivity contribution in [1.82, 2.24) is 9.97 Å². The van der Waals surface area contributed by atoms with Gasteiger partial charge in [0.05, 0.1) is 6.10 Å². The minimum Gasteiger partial charge on any atom is -0.392 e. The lowest BCUT2D eigenvalue weighted by atomic mass is 10.0. The van der Waals surface area contributed by atoms with E-state index in [4.69, 9.17) is 0 Å². The van der Waals surface area contributed by atoms with Gasteiger partial charge in [0.15, 0.2) is 5.16 Å². The van der Waals surface area contributed by atoms with Gasteiger partial charge in [-0.2, -0.15) is 0 Å². The highest BCUT2D eigenvalue weighted by molar-refractivity contribution is 7.99. The Morgan fingerprint density at radius 2 is 2.25 bits per heavy atom. The average Bonchev–Trinajstić information content (AvgIpc) is 2.89. The maximum absolute atomic E-state index is 11.5. The number of hydrogen-bond acceptors (Lipinski definition) is 4. The van der Waals surface area contributed by atoms with Gasteiger partial charge >= 0.3 is 0 Å². The van der Waals surface area contributed by atoms with E-state index < -0.39 is 0 Å². The van der Waals surface area contributed by atoms with Gasteiger partial charge < -0.3 is 10.1 Å². The van der Waals surface area contributed by atoms with Crippen LogP contribution >= 0.6 is 11.8 Å². The quantitative estimate of drug-likeness (QED) is 0.600. The van der Waals surface area contributed by atoms with E-state index in [9.17, 15) is 9.90 Å².